The van der Waals surface area contributed by atoms with E-state index in [0.29, 0.717) is 0 Å². The third-order valence-electron chi connectivity index (χ3n) is 2.69. The zero-order valence-electron chi connectivity index (χ0n) is 11.3. The van der Waals surface area contributed by atoms with Crippen LogP contribution in [0.4, 0.5) is 0 Å². The van der Waals surface area contributed by atoms with Crippen molar-refractivity contribution < 1.29 is 0 Å². The number of aryl methyl sites for hydroxylation is 1. The zero-order chi connectivity index (χ0) is 13.7. The van der Waals surface area contributed by atoms with Gasteiger partial charge >= 0.3 is 0 Å². The molecule has 0 amide bonds. The largest absolute Gasteiger partial charge is 0.328 e. The van der Waals surface area contributed by atoms with Crippen molar-refractivity contribution in [3.8, 4) is 0 Å². The lowest BCUT2D eigenvalue weighted by Crippen LogP contribution is -2.17. The third-order valence-corrected chi connectivity index (χ3v) is 3.64. The minimum Gasteiger partial charge on any atom is -0.328 e. The summed E-state index contributed by atoms with van der Waals surface area (Å²) in [5.74, 6) is 0.897. The van der Waals surface area contributed by atoms with E-state index in [2.05, 4.69) is 41.2 Å². The summed E-state index contributed by atoms with van der Waals surface area (Å²) in [7, 11) is 0. The van der Waals surface area contributed by atoms with Crippen molar-refractivity contribution in [2.24, 2.45) is 5.73 Å². The molecule has 2 N–H and O–H groups in total. The Morgan fingerprint density at radius 3 is 2.58 bits per heavy atom. The van der Waals surface area contributed by atoms with Gasteiger partial charge in [0.05, 0.1) is 0 Å². The number of thioether (sulfide) groups is 1. The Morgan fingerprint density at radius 1 is 1.21 bits per heavy atom. The number of aromatic nitrogens is 2. The molecule has 2 rings (SSSR count). The van der Waals surface area contributed by atoms with Crippen molar-refractivity contribution in [3.63, 3.8) is 0 Å². The lowest BCUT2D eigenvalue weighted by atomic mass is 10.1. The van der Waals surface area contributed by atoms with Crippen molar-refractivity contribution in [3.05, 3.63) is 53.3 Å². The monoisotopic (exact) mass is 273 g/mol. The first-order valence-electron chi connectivity index (χ1n) is 6.38. The Balaban J connectivity index is 1.93. The second kappa shape index (κ2) is 6.68. The molecule has 1 aromatic heterocycles. The van der Waals surface area contributed by atoms with Crippen LogP contribution in [-0.4, -0.2) is 16.0 Å². The maximum absolute atomic E-state index is 5.75. The average molecular weight is 273 g/mol. The van der Waals surface area contributed by atoms with Gasteiger partial charge in [-0.3, -0.25) is 0 Å². The van der Waals surface area contributed by atoms with Gasteiger partial charge in [-0.2, -0.15) is 0 Å². The quantitative estimate of drug-likeness (QED) is 0.672. The van der Waals surface area contributed by atoms with Crippen LogP contribution in [-0.2, 0) is 12.2 Å². The van der Waals surface area contributed by atoms with Crippen LogP contribution in [0.15, 0.2) is 41.8 Å². The number of nitrogens with zero attached hydrogens (tertiary/aromatic N) is 2. The molecule has 0 bridgehead atoms. The minimum absolute atomic E-state index is 0.148. The van der Waals surface area contributed by atoms with Crippen LogP contribution in [0.2, 0.25) is 0 Å². The fourth-order valence-electron chi connectivity index (χ4n) is 1.84. The molecule has 1 unspecified atom stereocenters. The third kappa shape index (κ3) is 4.65. The molecule has 100 valence electrons. The van der Waals surface area contributed by atoms with Crippen molar-refractivity contribution >= 4 is 11.8 Å². The smallest absolute Gasteiger partial charge is 0.187 e. The topological polar surface area (TPSA) is 51.8 Å². The molecule has 1 atom stereocenters. The highest BCUT2D eigenvalue weighted by molar-refractivity contribution is 7.98. The molecule has 1 heterocycles. The fraction of sp³-hybridized carbons (Fsp3) is 0.333. The van der Waals surface area contributed by atoms with Gasteiger partial charge in [-0.05, 0) is 31.4 Å². The highest BCUT2D eigenvalue weighted by Crippen LogP contribution is 2.19. The van der Waals surface area contributed by atoms with Crippen LogP contribution in [0.1, 0.15) is 23.6 Å². The highest BCUT2D eigenvalue weighted by atomic mass is 32.2. The average Bonchev–Trinajstić information content (AvgIpc) is 2.37. The SMILES string of the molecule is Cc1cccc(CSc2ncc(CC(C)N)cn2)c1. The second-order valence-electron chi connectivity index (χ2n) is 4.83. The normalized spacial score (nSPS) is 12.4. The number of nitrogens with two attached hydrogens (primary N) is 1. The van der Waals surface area contributed by atoms with Gasteiger partial charge in [0.15, 0.2) is 5.16 Å². The molecule has 2 aromatic rings. The molecule has 0 saturated heterocycles. The van der Waals surface area contributed by atoms with Gasteiger partial charge in [0.1, 0.15) is 0 Å². The molecule has 0 fully saturated rings. The van der Waals surface area contributed by atoms with E-state index in [1.807, 2.05) is 19.3 Å². The van der Waals surface area contributed by atoms with E-state index < -0.39 is 0 Å². The molecular weight excluding hydrogens is 254 g/mol. The van der Waals surface area contributed by atoms with Crippen LogP contribution in [0, 0.1) is 6.92 Å². The Hall–Kier alpha value is -1.39. The first-order valence-corrected chi connectivity index (χ1v) is 7.37. The van der Waals surface area contributed by atoms with Gasteiger partial charge in [-0.15, -0.1) is 0 Å². The van der Waals surface area contributed by atoms with E-state index in [-0.39, 0.29) is 6.04 Å². The molecule has 0 saturated carbocycles. The number of benzene rings is 1. The molecule has 1 aromatic carbocycles. The predicted octanol–water partition coefficient (Wildman–Crippen LogP) is 2.97. The maximum Gasteiger partial charge on any atom is 0.187 e. The van der Waals surface area contributed by atoms with Gasteiger partial charge in [0.25, 0.3) is 0 Å². The van der Waals surface area contributed by atoms with Crippen LogP contribution in [0.5, 0.6) is 0 Å². The van der Waals surface area contributed by atoms with Crippen molar-refractivity contribution in [1.82, 2.24) is 9.97 Å². The van der Waals surface area contributed by atoms with Gasteiger partial charge in [0, 0.05) is 24.2 Å². The van der Waals surface area contributed by atoms with E-state index in [9.17, 15) is 0 Å². The summed E-state index contributed by atoms with van der Waals surface area (Å²) in [6.45, 7) is 4.09. The summed E-state index contributed by atoms with van der Waals surface area (Å²) >= 11 is 1.66. The molecule has 0 aliphatic carbocycles. The molecule has 0 radical (unpaired) electrons. The number of hydrogen-bond acceptors (Lipinski definition) is 4. The summed E-state index contributed by atoms with van der Waals surface area (Å²) in [5, 5.41) is 0.815. The molecule has 19 heavy (non-hydrogen) atoms. The van der Waals surface area contributed by atoms with Gasteiger partial charge < -0.3 is 5.73 Å². The molecule has 0 aliphatic heterocycles. The first kappa shape index (κ1) is 14.0. The Bertz CT molecular complexity index is 523. The first-order chi connectivity index (χ1) is 9.13. The number of hydrogen-bond donors (Lipinski definition) is 1. The van der Waals surface area contributed by atoms with Crippen LogP contribution in [0.25, 0.3) is 0 Å². The van der Waals surface area contributed by atoms with E-state index in [1.165, 1.54) is 11.1 Å². The van der Waals surface area contributed by atoms with Crippen LogP contribution >= 0.6 is 11.8 Å². The molecule has 3 nitrogen and oxygen atoms in total. The van der Waals surface area contributed by atoms with Crippen LogP contribution in [0.3, 0.4) is 0 Å². The molecule has 4 heteroatoms. The van der Waals surface area contributed by atoms with Gasteiger partial charge in [0.2, 0.25) is 0 Å². The summed E-state index contributed by atoms with van der Waals surface area (Å²) in [6.07, 6.45) is 4.56. The highest BCUT2D eigenvalue weighted by Gasteiger charge is 2.02. The second-order valence-corrected chi connectivity index (χ2v) is 5.78. The van der Waals surface area contributed by atoms with E-state index in [0.717, 1.165) is 22.9 Å². The van der Waals surface area contributed by atoms with E-state index in [4.69, 9.17) is 5.73 Å². The lowest BCUT2D eigenvalue weighted by molar-refractivity contribution is 0.727. The van der Waals surface area contributed by atoms with E-state index >= 15 is 0 Å². The Kier molecular flexibility index (Phi) is 4.93. The maximum atomic E-state index is 5.75. The van der Waals surface area contributed by atoms with Crippen LogP contribution < -0.4 is 5.73 Å². The summed E-state index contributed by atoms with van der Waals surface area (Å²) in [4.78, 5) is 8.73. The summed E-state index contributed by atoms with van der Waals surface area (Å²) < 4.78 is 0. The van der Waals surface area contributed by atoms with Crippen molar-refractivity contribution in [1.29, 1.82) is 0 Å². The summed E-state index contributed by atoms with van der Waals surface area (Å²) in [6, 6.07) is 8.65. The van der Waals surface area contributed by atoms with Gasteiger partial charge in [-0.1, -0.05) is 41.6 Å². The van der Waals surface area contributed by atoms with Crippen molar-refractivity contribution in [2.75, 3.05) is 0 Å². The zero-order valence-corrected chi connectivity index (χ0v) is 12.2. The Morgan fingerprint density at radius 2 is 1.95 bits per heavy atom. The predicted molar refractivity (Wildman–Crippen MR) is 80.1 cm³/mol. The molecule has 0 aliphatic rings. The van der Waals surface area contributed by atoms with Crippen molar-refractivity contribution in [2.45, 2.75) is 37.2 Å². The summed E-state index contributed by atoms with van der Waals surface area (Å²) in [5.41, 5.74) is 9.43. The standard InChI is InChI=1S/C15H19N3S/c1-11-4-3-5-13(6-11)10-19-15-17-8-14(9-18-15)7-12(2)16/h3-6,8-9,12H,7,10,16H2,1-2H3. The number of rotatable bonds is 5. The fourth-order valence-corrected chi connectivity index (χ4v) is 2.57. The lowest BCUT2D eigenvalue weighted by Gasteiger charge is -2.05. The minimum atomic E-state index is 0.148. The van der Waals surface area contributed by atoms with E-state index in [1.54, 1.807) is 11.8 Å². The molecular formula is C15H19N3S. The Labute approximate surface area is 118 Å². The van der Waals surface area contributed by atoms with Gasteiger partial charge in [-0.25, -0.2) is 9.97 Å². The molecule has 0 spiro atoms.